The maximum Gasteiger partial charge on any atom is 0.424 e. The minimum Gasteiger partial charge on any atom is -0.464 e. The second-order valence-corrected chi connectivity index (χ2v) is 9.85. The number of aromatic nitrogens is 1. The maximum atomic E-state index is 14.0. The first-order chi connectivity index (χ1) is 18.1. The van der Waals surface area contributed by atoms with Crippen LogP contribution in [-0.2, 0) is 16.0 Å². The van der Waals surface area contributed by atoms with Crippen molar-refractivity contribution >= 4 is 51.9 Å². The average Bonchev–Trinajstić information content (AvgIpc) is 3.69. The van der Waals surface area contributed by atoms with E-state index in [-0.39, 0.29) is 21.7 Å². The number of quaternary nitrogens is 1. The van der Waals surface area contributed by atoms with Gasteiger partial charge in [-0.15, -0.1) is 0 Å². The van der Waals surface area contributed by atoms with Crippen LogP contribution < -0.4 is 9.80 Å². The summed E-state index contributed by atoms with van der Waals surface area (Å²) >= 11 is 0. The maximum absolute atomic E-state index is 14.0. The summed E-state index contributed by atoms with van der Waals surface area (Å²) in [7, 11) is 0. The Morgan fingerprint density at radius 2 is 1.86 bits per heavy atom. The van der Waals surface area contributed by atoms with Crippen molar-refractivity contribution in [3.8, 4) is 0 Å². The van der Waals surface area contributed by atoms with Gasteiger partial charge in [0.25, 0.3) is 11.8 Å². The summed E-state index contributed by atoms with van der Waals surface area (Å²) in [6.45, 7) is 2.58. The predicted octanol–water partition coefficient (Wildman–Crippen LogP) is 3.44. The lowest BCUT2D eigenvalue weighted by molar-refractivity contribution is -0.123. The van der Waals surface area contributed by atoms with Crippen LogP contribution in [-0.4, -0.2) is 60.1 Å². The molecule has 0 spiro atoms. The highest BCUT2D eigenvalue weighted by atomic mass is 16.3. The summed E-state index contributed by atoms with van der Waals surface area (Å²) in [5, 5.41) is 3.19. The summed E-state index contributed by atoms with van der Waals surface area (Å²) in [4.78, 5) is 51.3. The van der Waals surface area contributed by atoms with Crippen molar-refractivity contribution in [3.05, 3.63) is 71.4 Å². The Morgan fingerprint density at radius 1 is 1.03 bits per heavy atom. The third kappa shape index (κ3) is 3.10. The second kappa shape index (κ2) is 8.07. The molecule has 9 heteroatoms. The Hall–Kier alpha value is -4.37. The van der Waals surface area contributed by atoms with Gasteiger partial charge >= 0.3 is 6.03 Å². The van der Waals surface area contributed by atoms with Gasteiger partial charge in [0.15, 0.2) is 5.69 Å². The fourth-order valence-corrected chi connectivity index (χ4v) is 6.19. The highest BCUT2D eigenvalue weighted by Crippen LogP contribution is 2.46. The molecule has 0 aliphatic carbocycles. The number of pyridine rings is 1. The SMILES string of the molecule is O=C1NC(=O)C(c2cncc3ccoc23)=C1C1=CN=CC[N+]2(C(=O)N3CCCC3)CCc3cccc1c32. The number of nitrogens with zero attached hydrogens (tertiary/aromatic N) is 4. The molecule has 37 heavy (non-hydrogen) atoms. The Balaban J connectivity index is 1.47. The summed E-state index contributed by atoms with van der Waals surface area (Å²) in [5.41, 5.74) is 4.55. The average molecular weight is 495 g/mol. The molecule has 0 radical (unpaired) electrons. The fourth-order valence-electron chi connectivity index (χ4n) is 6.19. The van der Waals surface area contributed by atoms with E-state index in [1.165, 1.54) is 6.26 Å². The van der Waals surface area contributed by atoms with Gasteiger partial charge in [0.05, 0.1) is 30.2 Å². The number of fused-ring (bicyclic) bond motifs is 1. The molecule has 0 saturated carbocycles. The van der Waals surface area contributed by atoms with E-state index in [0.29, 0.717) is 29.8 Å². The molecule has 9 nitrogen and oxygen atoms in total. The monoisotopic (exact) mass is 494 g/mol. The lowest BCUT2D eigenvalue weighted by atomic mass is 9.90. The van der Waals surface area contributed by atoms with Gasteiger partial charge in [0.2, 0.25) is 0 Å². The van der Waals surface area contributed by atoms with Crippen molar-refractivity contribution < 1.29 is 18.8 Å². The normalized spacial score (nSPS) is 22.8. The molecule has 1 fully saturated rings. The molecule has 184 valence electrons. The van der Waals surface area contributed by atoms with Crippen molar-refractivity contribution in [1.29, 1.82) is 0 Å². The number of hydrogen-bond acceptors (Lipinski definition) is 6. The number of urea groups is 1. The molecule has 3 aromatic rings. The Kier molecular flexibility index (Phi) is 4.77. The number of benzene rings is 1. The topological polar surface area (TPSA) is 105 Å². The van der Waals surface area contributed by atoms with Crippen LogP contribution in [0.15, 0.2) is 64.1 Å². The van der Waals surface area contributed by atoms with Gasteiger partial charge in [-0.25, -0.2) is 9.28 Å². The van der Waals surface area contributed by atoms with Crippen molar-refractivity contribution in [2.75, 3.05) is 26.2 Å². The second-order valence-electron chi connectivity index (χ2n) is 9.85. The molecule has 4 amide bonds. The minimum absolute atomic E-state index is 0.0714. The number of furan rings is 1. The summed E-state index contributed by atoms with van der Waals surface area (Å²) in [6, 6.07) is 7.75. The number of rotatable bonds is 2. The highest BCUT2D eigenvalue weighted by molar-refractivity contribution is 6.41. The largest absolute Gasteiger partial charge is 0.464 e. The van der Waals surface area contributed by atoms with Crippen molar-refractivity contribution in [2.45, 2.75) is 19.3 Å². The van der Waals surface area contributed by atoms with Gasteiger partial charge in [-0.3, -0.25) is 29.8 Å². The summed E-state index contributed by atoms with van der Waals surface area (Å²) in [5.74, 6) is -1.02. The molecule has 4 aliphatic rings. The summed E-state index contributed by atoms with van der Waals surface area (Å²) < 4.78 is 5.82. The Bertz CT molecular complexity index is 1610. The van der Waals surface area contributed by atoms with Crippen molar-refractivity contribution in [3.63, 3.8) is 0 Å². The van der Waals surface area contributed by atoms with Crippen LogP contribution in [0.3, 0.4) is 0 Å². The van der Waals surface area contributed by atoms with Gasteiger partial charge in [-0.1, -0.05) is 12.1 Å². The number of nitrogens with one attached hydrogen (secondary N) is 1. The number of aliphatic imine (C=N–C) groups is 1. The minimum atomic E-state index is -0.515. The van der Waals surface area contributed by atoms with Crippen LogP contribution in [0.5, 0.6) is 0 Å². The third-order valence-corrected chi connectivity index (χ3v) is 7.87. The lowest BCUT2D eigenvalue weighted by Gasteiger charge is -2.35. The smallest absolute Gasteiger partial charge is 0.424 e. The molecule has 6 heterocycles. The predicted molar refractivity (Wildman–Crippen MR) is 138 cm³/mol. The molecule has 2 aromatic heterocycles. The van der Waals surface area contributed by atoms with E-state index in [2.05, 4.69) is 21.4 Å². The first-order valence-corrected chi connectivity index (χ1v) is 12.5. The van der Waals surface area contributed by atoms with E-state index in [1.54, 1.807) is 30.9 Å². The van der Waals surface area contributed by atoms with Crippen LogP contribution in [0.4, 0.5) is 10.5 Å². The van der Waals surface area contributed by atoms with Crippen molar-refractivity contribution in [1.82, 2.24) is 19.7 Å². The van der Waals surface area contributed by atoms with E-state index in [0.717, 1.165) is 54.6 Å². The zero-order valence-corrected chi connectivity index (χ0v) is 20.1. The molecule has 7 rings (SSSR count). The number of hydrogen-bond donors (Lipinski definition) is 1. The van der Waals surface area contributed by atoms with Gasteiger partial charge in [-0.05, 0) is 25.0 Å². The van der Waals surface area contributed by atoms with Crippen LogP contribution in [0.2, 0.25) is 0 Å². The van der Waals surface area contributed by atoms with E-state index < -0.39 is 11.8 Å². The Labute approximate surface area is 212 Å². The number of para-hydroxylation sites is 1. The zero-order chi connectivity index (χ0) is 25.1. The number of amides is 4. The number of likely N-dealkylation sites (tertiary alicyclic amines) is 1. The summed E-state index contributed by atoms with van der Waals surface area (Å²) in [6.07, 6.45) is 10.9. The number of carbonyl (C=O) groups is 3. The molecule has 1 saturated heterocycles. The first-order valence-electron chi connectivity index (χ1n) is 12.5. The van der Waals surface area contributed by atoms with E-state index in [1.807, 2.05) is 17.0 Å². The Morgan fingerprint density at radius 3 is 2.73 bits per heavy atom. The zero-order valence-electron chi connectivity index (χ0n) is 20.1. The highest BCUT2D eigenvalue weighted by Gasteiger charge is 2.50. The molecule has 4 aliphatic heterocycles. The van der Waals surface area contributed by atoms with Gasteiger partial charge < -0.3 is 4.42 Å². The van der Waals surface area contributed by atoms with Gasteiger partial charge in [0, 0.05) is 65.8 Å². The molecular weight excluding hydrogens is 470 g/mol. The van der Waals surface area contributed by atoms with E-state index in [4.69, 9.17) is 4.42 Å². The van der Waals surface area contributed by atoms with Crippen LogP contribution in [0.25, 0.3) is 22.1 Å². The number of imide groups is 1. The standard InChI is InChI=1S/C28H23N5O4/c34-26-22(23(27(35)31-26)21-16-30-14-18-7-13-37-25(18)21)20-15-29-8-12-33(28(36)32-9-1-2-10-32)11-6-17-4-3-5-19(20)24(17)33/h3-5,7-8,13-16H,1-2,6,9-12H2/p+1. The molecule has 0 bridgehead atoms. The first kappa shape index (κ1) is 21.9. The lowest BCUT2D eigenvalue weighted by Crippen LogP contribution is -2.59. The van der Waals surface area contributed by atoms with Crippen LogP contribution >= 0.6 is 0 Å². The van der Waals surface area contributed by atoms with Gasteiger partial charge in [-0.2, -0.15) is 0 Å². The van der Waals surface area contributed by atoms with Gasteiger partial charge in [0.1, 0.15) is 12.1 Å². The molecule has 1 unspecified atom stereocenters. The van der Waals surface area contributed by atoms with Crippen LogP contribution in [0.1, 0.15) is 29.5 Å². The fraction of sp³-hybridized carbons (Fsp3) is 0.250. The molecule has 1 aromatic carbocycles. The number of carbonyl (C=O) groups excluding carboxylic acids is 3. The van der Waals surface area contributed by atoms with Crippen LogP contribution in [0, 0.1) is 0 Å². The van der Waals surface area contributed by atoms with Crippen molar-refractivity contribution in [2.24, 2.45) is 4.99 Å². The molecular formula is C28H24N5O4+. The molecule has 1 atom stereocenters. The van der Waals surface area contributed by atoms with E-state index >= 15 is 0 Å². The van der Waals surface area contributed by atoms with E-state index in [9.17, 15) is 14.4 Å². The quantitative estimate of drug-likeness (QED) is 0.434. The molecule has 1 N–H and O–H groups in total. The third-order valence-electron chi connectivity index (χ3n) is 7.87.